The minimum absolute atomic E-state index is 0.849. The summed E-state index contributed by atoms with van der Waals surface area (Å²) >= 11 is 0. The lowest BCUT2D eigenvalue weighted by Crippen LogP contribution is -2.10. The van der Waals surface area contributed by atoms with Crippen molar-refractivity contribution in [2.24, 2.45) is 0 Å². The number of benzene rings is 11. The molecule has 0 amide bonds. The zero-order valence-electron chi connectivity index (χ0n) is 34.1. The van der Waals surface area contributed by atoms with E-state index in [9.17, 15) is 0 Å². The molecular weight excluding hydrogens is 767 g/mol. The number of nitrogens with zero attached hydrogens (tertiary/aromatic N) is 1. The molecule has 0 aliphatic rings. The average molecular weight is 804 g/mol. The van der Waals surface area contributed by atoms with Crippen LogP contribution < -0.4 is 4.90 Å². The van der Waals surface area contributed by atoms with Gasteiger partial charge in [0.2, 0.25) is 0 Å². The smallest absolute Gasteiger partial charge is 0.143 e. The molecule has 0 fully saturated rings. The van der Waals surface area contributed by atoms with E-state index in [0.717, 1.165) is 88.4 Å². The summed E-state index contributed by atoms with van der Waals surface area (Å²) in [7, 11) is 0. The van der Waals surface area contributed by atoms with E-state index in [1.54, 1.807) is 0 Å². The summed E-state index contributed by atoms with van der Waals surface area (Å²) in [6.45, 7) is 0. The third-order valence-corrected chi connectivity index (χ3v) is 12.8. The Kier molecular flexibility index (Phi) is 7.91. The van der Waals surface area contributed by atoms with Crippen molar-refractivity contribution < 1.29 is 8.83 Å². The number of fused-ring (bicyclic) bond motifs is 11. The van der Waals surface area contributed by atoms with Gasteiger partial charge in [0.05, 0.1) is 11.1 Å². The topological polar surface area (TPSA) is 29.5 Å². The van der Waals surface area contributed by atoms with Gasteiger partial charge in [0.1, 0.15) is 22.3 Å². The van der Waals surface area contributed by atoms with Gasteiger partial charge in [-0.1, -0.05) is 170 Å². The molecule has 2 heterocycles. The number of hydrogen-bond acceptors (Lipinski definition) is 3. The van der Waals surface area contributed by atoms with Gasteiger partial charge in [-0.3, -0.25) is 0 Å². The maximum absolute atomic E-state index is 6.78. The Balaban J connectivity index is 1.06. The average Bonchev–Trinajstić information content (AvgIpc) is 3.94. The lowest BCUT2D eigenvalue weighted by Gasteiger charge is -2.27. The zero-order chi connectivity index (χ0) is 41.4. The normalized spacial score (nSPS) is 11.8. The molecule has 11 aromatic carbocycles. The van der Waals surface area contributed by atoms with Gasteiger partial charge in [0, 0.05) is 32.9 Å². The fraction of sp³-hybridized carbons (Fsp3) is 0. The number of furan rings is 2. The van der Waals surface area contributed by atoms with Gasteiger partial charge in [0.15, 0.2) is 0 Å². The second-order valence-corrected chi connectivity index (χ2v) is 16.3. The van der Waals surface area contributed by atoms with Gasteiger partial charge in [-0.25, -0.2) is 0 Å². The molecule has 0 bridgehead atoms. The van der Waals surface area contributed by atoms with Crippen LogP contribution in [0.5, 0.6) is 0 Å². The van der Waals surface area contributed by atoms with E-state index >= 15 is 0 Å². The fourth-order valence-electron chi connectivity index (χ4n) is 10.1. The first-order valence-corrected chi connectivity index (χ1v) is 21.5. The molecule has 294 valence electrons. The number of para-hydroxylation sites is 1. The highest BCUT2D eigenvalue weighted by atomic mass is 16.3. The quantitative estimate of drug-likeness (QED) is 0.157. The molecular formula is C60H37NO2. The zero-order valence-corrected chi connectivity index (χ0v) is 34.1. The van der Waals surface area contributed by atoms with E-state index in [4.69, 9.17) is 8.83 Å². The van der Waals surface area contributed by atoms with Crippen molar-refractivity contribution in [2.45, 2.75) is 0 Å². The van der Waals surface area contributed by atoms with E-state index in [1.807, 2.05) is 12.1 Å². The van der Waals surface area contributed by atoms with Crippen molar-refractivity contribution in [3.05, 3.63) is 224 Å². The Morgan fingerprint density at radius 3 is 1.67 bits per heavy atom. The molecule has 0 atom stereocenters. The van der Waals surface area contributed by atoms with E-state index in [0.29, 0.717) is 0 Å². The first-order chi connectivity index (χ1) is 31.3. The standard InChI is InChI=1S/C60H37NO2/c1-2-16-40(17-3-1)56-48-23-8-6-21-46(48)47-22-7-9-24-49(47)57(56)41-18-12-19-43(37-41)61(52-27-14-30-55-59(52)51-36-33-38-15-4-5-20-45(38)60(51)63-55)42-34-31-39(32-35-42)44-26-13-29-54-58(44)50-25-10-11-28-53(50)62-54/h1-37H. The first-order valence-electron chi connectivity index (χ1n) is 21.5. The molecule has 0 N–H and O–H groups in total. The first kappa shape index (κ1) is 35.4. The third-order valence-electron chi connectivity index (χ3n) is 12.8. The molecule has 0 spiro atoms. The van der Waals surface area contributed by atoms with Crippen LogP contribution in [0.3, 0.4) is 0 Å². The molecule has 63 heavy (non-hydrogen) atoms. The minimum Gasteiger partial charge on any atom is -0.456 e. The minimum atomic E-state index is 0.849. The van der Waals surface area contributed by atoms with Crippen LogP contribution in [0.4, 0.5) is 17.1 Å². The van der Waals surface area contributed by atoms with Gasteiger partial charge in [-0.2, -0.15) is 0 Å². The highest BCUT2D eigenvalue weighted by Gasteiger charge is 2.23. The molecule has 0 aliphatic heterocycles. The maximum Gasteiger partial charge on any atom is 0.143 e. The molecule has 13 rings (SSSR count). The fourth-order valence-corrected chi connectivity index (χ4v) is 10.1. The third kappa shape index (κ3) is 5.53. The molecule has 0 unspecified atom stereocenters. The van der Waals surface area contributed by atoms with E-state index < -0.39 is 0 Å². The monoisotopic (exact) mass is 803 g/mol. The van der Waals surface area contributed by atoms with Gasteiger partial charge in [-0.15, -0.1) is 0 Å². The summed E-state index contributed by atoms with van der Waals surface area (Å²) in [6.07, 6.45) is 0. The Morgan fingerprint density at radius 2 is 0.889 bits per heavy atom. The van der Waals surface area contributed by atoms with E-state index in [1.165, 1.54) is 38.2 Å². The Morgan fingerprint density at radius 1 is 0.302 bits per heavy atom. The second kappa shape index (κ2) is 14.1. The second-order valence-electron chi connectivity index (χ2n) is 16.3. The molecule has 3 heteroatoms. The summed E-state index contributed by atoms with van der Waals surface area (Å²) in [5.74, 6) is 0. The molecule has 0 saturated carbocycles. The van der Waals surface area contributed by atoms with Crippen LogP contribution in [0.2, 0.25) is 0 Å². The van der Waals surface area contributed by atoms with Crippen molar-refractivity contribution in [1.82, 2.24) is 0 Å². The lowest BCUT2D eigenvalue weighted by atomic mass is 9.85. The van der Waals surface area contributed by atoms with Gasteiger partial charge in [-0.05, 0) is 115 Å². The van der Waals surface area contributed by atoms with Crippen molar-refractivity contribution in [3.63, 3.8) is 0 Å². The highest BCUT2D eigenvalue weighted by Crippen LogP contribution is 2.49. The van der Waals surface area contributed by atoms with Crippen LogP contribution in [0.15, 0.2) is 233 Å². The summed E-state index contributed by atoms with van der Waals surface area (Å²) < 4.78 is 13.1. The molecule has 13 aromatic rings. The SMILES string of the molecule is c1ccc(-c2c(-c3cccc(N(c4ccc(-c5cccc6oc7ccccc7c56)cc4)c4cccc5oc6c7ccccc7ccc6c45)c3)c3ccccc3c3ccccc23)cc1. The molecule has 0 aliphatic carbocycles. The van der Waals surface area contributed by atoms with Gasteiger partial charge >= 0.3 is 0 Å². The van der Waals surface area contributed by atoms with Crippen LogP contribution in [-0.2, 0) is 0 Å². The van der Waals surface area contributed by atoms with Crippen LogP contribution in [0.1, 0.15) is 0 Å². The van der Waals surface area contributed by atoms with E-state index in [-0.39, 0.29) is 0 Å². The Hall–Kier alpha value is -8.40. The Bertz CT molecular complexity index is 3910. The molecule has 3 nitrogen and oxygen atoms in total. The molecule has 2 aromatic heterocycles. The number of anilines is 3. The summed E-state index contributed by atoms with van der Waals surface area (Å²) in [6, 6.07) is 80.5. The van der Waals surface area contributed by atoms with Crippen molar-refractivity contribution in [2.75, 3.05) is 4.90 Å². The maximum atomic E-state index is 6.78. The predicted octanol–water partition coefficient (Wildman–Crippen LogP) is 17.4. The van der Waals surface area contributed by atoms with Crippen molar-refractivity contribution in [3.8, 4) is 33.4 Å². The molecule has 0 radical (unpaired) electrons. The van der Waals surface area contributed by atoms with Crippen LogP contribution >= 0.6 is 0 Å². The number of hydrogen-bond donors (Lipinski definition) is 0. The summed E-state index contributed by atoms with van der Waals surface area (Å²) in [4.78, 5) is 2.40. The van der Waals surface area contributed by atoms with E-state index in [2.05, 4.69) is 217 Å². The predicted molar refractivity (Wildman–Crippen MR) is 265 cm³/mol. The summed E-state index contributed by atoms with van der Waals surface area (Å²) in [5, 5.41) is 11.6. The van der Waals surface area contributed by atoms with Crippen LogP contribution in [0, 0.1) is 0 Å². The Labute approximate surface area is 363 Å². The van der Waals surface area contributed by atoms with Gasteiger partial charge < -0.3 is 13.7 Å². The molecule has 0 saturated heterocycles. The highest BCUT2D eigenvalue weighted by molar-refractivity contribution is 6.23. The van der Waals surface area contributed by atoms with Crippen LogP contribution in [0.25, 0.3) is 110 Å². The number of rotatable bonds is 6. The van der Waals surface area contributed by atoms with Crippen molar-refractivity contribution in [1.29, 1.82) is 0 Å². The van der Waals surface area contributed by atoms with Gasteiger partial charge in [0.25, 0.3) is 0 Å². The largest absolute Gasteiger partial charge is 0.456 e. The van der Waals surface area contributed by atoms with Crippen LogP contribution in [-0.4, -0.2) is 0 Å². The lowest BCUT2D eigenvalue weighted by molar-refractivity contribution is 0.669. The van der Waals surface area contributed by atoms with Crippen molar-refractivity contribution >= 4 is 93.3 Å². The summed E-state index contributed by atoms with van der Waals surface area (Å²) in [5.41, 5.74) is 13.7.